The molecule has 0 fully saturated rings. The average Bonchev–Trinajstić information content (AvgIpc) is 1.82. The third-order valence-corrected chi connectivity index (χ3v) is 1.93. The van der Waals surface area contributed by atoms with Crippen LogP contribution < -0.4 is 0 Å². The smallest absolute Gasteiger partial charge is 0.331 e. The van der Waals surface area contributed by atoms with E-state index in [0.29, 0.717) is 12.8 Å². The quantitative estimate of drug-likeness (QED) is 0.643. The Bertz CT molecular complexity index is 261. The number of rotatable bonds is 1. The van der Waals surface area contributed by atoms with Crippen molar-refractivity contribution in [3.05, 3.63) is 11.6 Å². The van der Waals surface area contributed by atoms with Crippen molar-refractivity contribution in [2.24, 2.45) is 5.41 Å². The Hall–Kier alpha value is -1.12. The lowest BCUT2D eigenvalue weighted by Crippen LogP contribution is -2.24. The second-order valence-corrected chi connectivity index (χ2v) is 3.96. The van der Waals surface area contributed by atoms with Gasteiger partial charge in [-0.3, -0.25) is 4.79 Å². The van der Waals surface area contributed by atoms with Gasteiger partial charge in [-0.25, -0.2) is 4.79 Å². The van der Waals surface area contributed by atoms with Crippen molar-refractivity contribution in [1.82, 2.24) is 0 Å². The number of carbonyl (C=O) groups is 2. The fraction of sp³-hybridized carbons (Fsp3) is 0.556. The van der Waals surface area contributed by atoms with E-state index in [1.807, 2.05) is 13.8 Å². The van der Waals surface area contributed by atoms with Crippen LogP contribution in [-0.2, 0) is 9.59 Å². The molecule has 0 heterocycles. The summed E-state index contributed by atoms with van der Waals surface area (Å²) in [4.78, 5) is 21.6. The molecule has 66 valence electrons. The standard InChI is InChI=1S/C9H12O3/c1-9(2)4-6(8(11)12)3-7(10)5-9/h3H,4-5H2,1-2H3,(H,11,12). The molecule has 0 saturated heterocycles. The van der Waals surface area contributed by atoms with E-state index < -0.39 is 5.97 Å². The number of carboxylic acids is 1. The van der Waals surface area contributed by atoms with Crippen LogP contribution >= 0.6 is 0 Å². The fourth-order valence-corrected chi connectivity index (χ4v) is 1.48. The molecule has 3 nitrogen and oxygen atoms in total. The number of aliphatic carboxylic acids is 1. The van der Waals surface area contributed by atoms with Crippen molar-refractivity contribution in [3.63, 3.8) is 0 Å². The summed E-state index contributed by atoms with van der Waals surface area (Å²) in [6.07, 6.45) is 2.17. The summed E-state index contributed by atoms with van der Waals surface area (Å²) in [6, 6.07) is 0. The summed E-state index contributed by atoms with van der Waals surface area (Å²) >= 11 is 0. The first kappa shape index (κ1) is 8.97. The number of hydrogen-bond donors (Lipinski definition) is 1. The predicted molar refractivity (Wildman–Crippen MR) is 43.7 cm³/mol. The van der Waals surface area contributed by atoms with Crippen LogP contribution in [0.15, 0.2) is 11.6 Å². The van der Waals surface area contributed by atoms with Crippen molar-refractivity contribution in [2.45, 2.75) is 26.7 Å². The van der Waals surface area contributed by atoms with Crippen molar-refractivity contribution >= 4 is 11.8 Å². The summed E-state index contributed by atoms with van der Waals surface area (Å²) in [5.74, 6) is -1.06. The SMILES string of the molecule is CC1(C)CC(=O)C=C(C(=O)O)C1. The van der Waals surface area contributed by atoms with E-state index in [4.69, 9.17) is 5.11 Å². The van der Waals surface area contributed by atoms with Crippen molar-refractivity contribution in [2.75, 3.05) is 0 Å². The first-order valence-electron chi connectivity index (χ1n) is 3.87. The highest BCUT2D eigenvalue weighted by atomic mass is 16.4. The van der Waals surface area contributed by atoms with Gasteiger partial charge >= 0.3 is 5.97 Å². The highest BCUT2D eigenvalue weighted by Gasteiger charge is 2.29. The Balaban J connectivity index is 2.91. The summed E-state index contributed by atoms with van der Waals surface area (Å²) in [5, 5.41) is 8.67. The van der Waals surface area contributed by atoms with Crippen LogP contribution in [0, 0.1) is 5.41 Å². The third kappa shape index (κ3) is 1.94. The van der Waals surface area contributed by atoms with Crippen LogP contribution in [0.25, 0.3) is 0 Å². The Kier molecular flexibility index (Phi) is 2.04. The molecule has 12 heavy (non-hydrogen) atoms. The topological polar surface area (TPSA) is 54.4 Å². The molecule has 0 aliphatic heterocycles. The van der Waals surface area contributed by atoms with Gasteiger partial charge in [0.05, 0.1) is 0 Å². The fourth-order valence-electron chi connectivity index (χ4n) is 1.48. The molecule has 0 atom stereocenters. The van der Waals surface area contributed by atoms with Crippen LogP contribution in [0.2, 0.25) is 0 Å². The molecule has 1 N–H and O–H groups in total. The normalized spacial score (nSPS) is 21.8. The zero-order valence-electron chi connectivity index (χ0n) is 7.26. The number of carboxylic acid groups (broad SMARTS) is 1. The first-order valence-corrected chi connectivity index (χ1v) is 3.87. The van der Waals surface area contributed by atoms with Crippen LogP contribution in [0.4, 0.5) is 0 Å². The number of allylic oxidation sites excluding steroid dienone is 1. The number of carbonyl (C=O) groups excluding carboxylic acids is 1. The van der Waals surface area contributed by atoms with E-state index in [1.165, 1.54) is 6.08 Å². The van der Waals surface area contributed by atoms with E-state index >= 15 is 0 Å². The minimum absolute atomic E-state index is 0.0800. The Morgan fingerprint density at radius 3 is 2.50 bits per heavy atom. The van der Waals surface area contributed by atoms with E-state index in [9.17, 15) is 9.59 Å². The van der Waals surface area contributed by atoms with Crippen LogP contribution in [0.5, 0.6) is 0 Å². The molecule has 1 rings (SSSR count). The molecule has 0 radical (unpaired) electrons. The molecule has 0 unspecified atom stereocenters. The largest absolute Gasteiger partial charge is 0.478 e. The maximum absolute atomic E-state index is 11.1. The minimum atomic E-state index is -0.976. The van der Waals surface area contributed by atoms with Gasteiger partial charge in [-0.2, -0.15) is 0 Å². The van der Waals surface area contributed by atoms with E-state index in [1.54, 1.807) is 0 Å². The van der Waals surface area contributed by atoms with Crippen LogP contribution in [-0.4, -0.2) is 16.9 Å². The Morgan fingerprint density at radius 1 is 1.50 bits per heavy atom. The minimum Gasteiger partial charge on any atom is -0.478 e. The molecule has 0 saturated carbocycles. The van der Waals surface area contributed by atoms with Crippen molar-refractivity contribution in [1.29, 1.82) is 0 Å². The average molecular weight is 168 g/mol. The van der Waals surface area contributed by atoms with Gasteiger partial charge in [0.25, 0.3) is 0 Å². The molecule has 0 spiro atoms. The van der Waals surface area contributed by atoms with Gasteiger partial charge in [0.15, 0.2) is 5.78 Å². The first-order chi connectivity index (χ1) is 5.41. The maximum Gasteiger partial charge on any atom is 0.331 e. The molecular formula is C9H12O3. The summed E-state index contributed by atoms with van der Waals surface area (Å²) < 4.78 is 0. The maximum atomic E-state index is 11.1. The second kappa shape index (κ2) is 2.73. The second-order valence-electron chi connectivity index (χ2n) is 3.96. The molecule has 0 bridgehead atoms. The van der Waals surface area contributed by atoms with E-state index in [-0.39, 0.29) is 16.8 Å². The lowest BCUT2D eigenvalue weighted by atomic mass is 9.77. The zero-order valence-corrected chi connectivity index (χ0v) is 7.26. The molecular weight excluding hydrogens is 156 g/mol. The van der Waals surface area contributed by atoms with Gasteiger partial charge in [0.1, 0.15) is 0 Å². The van der Waals surface area contributed by atoms with Gasteiger partial charge in [0.2, 0.25) is 0 Å². The summed E-state index contributed by atoms with van der Waals surface area (Å²) in [7, 11) is 0. The Morgan fingerprint density at radius 2 is 2.08 bits per heavy atom. The van der Waals surface area contributed by atoms with Gasteiger partial charge in [-0.15, -0.1) is 0 Å². The van der Waals surface area contributed by atoms with Crippen molar-refractivity contribution in [3.8, 4) is 0 Å². The van der Waals surface area contributed by atoms with Gasteiger partial charge in [0, 0.05) is 12.0 Å². The van der Waals surface area contributed by atoms with Gasteiger partial charge < -0.3 is 5.11 Å². The number of ketones is 1. The van der Waals surface area contributed by atoms with Crippen molar-refractivity contribution < 1.29 is 14.7 Å². The van der Waals surface area contributed by atoms with E-state index in [0.717, 1.165) is 0 Å². The molecule has 1 aliphatic rings. The molecule has 0 aromatic rings. The predicted octanol–water partition coefficient (Wildman–Crippen LogP) is 1.39. The van der Waals surface area contributed by atoms with E-state index in [2.05, 4.69) is 0 Å². The van der Waals surface area contributed by atoms with Gasteiger partial charge in [-0.05, 0) is 17.9 Å². The highest BCUT2D eigenvalue weighted by Crippen LogP contribution is 2.33. The summed E-state index contributed by atoms with van der Waals surface area (Å²) in [6.45, 7) is 3.81. The molecule has 0 aromatic carbocycles. The highest BCUT2D eigenvalue weighted by molar-refractivity contribution is 6.00. The lowest BCUT2D eigenvalue weighted by Gasteiger charge is -2.26. The summed E-state index contributed by atoms with van der Waals surface area (Å²) in [5.41, 5.74) is 0.0378. The van der Waals surface area contributed by atoms with Crippen LogP contribution in [0.3, 0.4) is 0 Å². The molecule has 3 heteroatoms. The monoisotopic (exact) mass is 168 g/mol. The zero-order chi connectivity index (χ0) is 9.35. The van der Waals surface area contributed by atoms with Crippen LogP contribution in [0.1, 0.15) is 26.7 Å². The Labute approximate surface area is 71.1 Å². The molecule has 0 amide bonds. The third-order valence-electron chi connectivity index (χ3n) is 1.93. The van der Waals surface area contributed by atoms with Gasteiger partial charge in [-0.1, -0.05) is 13.8 Å². The molecule has 1 aliphatic carbocycles. The lowest BCUT2D eigenvalue weighted by molar-refractivity contribution is -0.134. The molecule has 0 aromatic heterocycles. The number of hydrogen-bond acceptors (Lipinski definition) is 2.